The molecule has 0 aromatic heterocycles. The Balaban J connectivity index is 1.54. The summed E-state index contributed by atoms with van der Waals surface area (Å²) in [5.74, 6) is -2.14. The van der Waals surface area contributed by atoms with Crippen LogP contribution in [0.3, 0.4) is 0 Å². The molecule has 2 aliphatic rings. The molecule has 0 radical (unpaired) electrons. The number of ether oxygens (including phenoxy) is 2. The zero-order valence-electron chi connectivity index (χ0n) is 17.9. The van der Waals surface area contributed by atoms with Crippen LogP contribution in [0.5, 0.6) is 0 Å². The fraction of sp³-hybridized carbons (Fsp3) is 0.591. The van der Waals surface area contributed by atoms with Crippen molar-refractivity contribution in [2.45, 2.75) is 70.4 Å². The Labute approximate surface area is 176 Å². The normalized spacial score (nSPS) is 26.2. The molecule has 8 heteroatoms. The molecule has 0 saturated carbocycles. The number of fused-ring (bicyclic) bond motifs is 2. The van der Waals surface area contributed by atoms with Crippen molar-refractivity contribution in [3.8, 4) is 0 Å². The molecule has 4 atom stereocenters. The van der Waals surface area contributed by atoms with Crippen LogP contribution in [0.2, 0.25) is 0 Å². The highest BCUT2D eigenvalue weighted by Crippen LogP contribution is 2.38. The van der Waals surface area contributed by atoms with Crippen LogP contribution >= 0.6 is 0 Å². The number of hydrogen-bond acceptors (Lipinski definition) is 7. The Morgan fingerprint density at radius 2 is 1.83 bits per heavy atom. The smallest absolute Gasteiger partial charge is 0.407 e. The second-order valence-electron chi connectivity index (χ2n) is 9.05. The molecule has 1 aromatic rings. The predicted octanol–water partition coefficient (Wildman–Crippen LogP) is 2.24. The summed E-state index contributed by atoms with van der Waals surface area (Å²) in [6.45, 7) is 5.59. The van der Waals surface area contributed by atoms with Crippen molar-refractivity contribution in [1.82, 2.24) is 10.2 Å². The van der Waals surface area contributed by atoms with E-state index in [0.717, 1.165) is 18.4 Å². The van der Waals surface area contributed by atoms with Gasteiger partial charge in [0.2, 0.25) is 0 Å². The standard InChI is InChI=1S/C22H30N2O6/c1-22(2,3)30-21(28)23-12-13-5-7-14(8-6-13)19(26)29-20(27)18-16-10-9-15(24(16)4)11-17(18)25/h5-8,15-18,25H,9-12H2,1-4H3,(H,23,28)/t15-,16+,17-,18+/m0/s1. The number of aliphatic hydroxyl groups is 1. The molecule has 30 heavy (non-hydrogen) atoms. The van der Waals surface area contributed by atoms with E-state index in [-0.39, 0.29) is 24.2 Å². The van der Waals surface area contributed by atoms with Gasteiger partial charge < -0.3 is 19.9 Å². The summed E-state index contributed by atoms with van der Waals surface area (Å²) in [6.07, 6.45) is 0.947. The van der Waals surface area contributed by atoms with Crippen molar-refractivity contribution in [2.24, 2.45) is 5.92 Å². The van der Waals surface area contributed by atoms with Crippen LogP contribution in [0.1, 0.15) is 56.0 Å². The fourth-order valence-corrected chi connectivity index (χ4v) is 4.22. The van der Waals surface area contributed by atoms with Gasteiger partial charge in [-0.2, -0.15) is 0 Å². The van der Waals surface area contributed by atoms with E-state index in [9.17, 15) is 19.5 Å². The van der Waals surface area contributed by atoms with Crippen molar-refractivity contribution in [1.29, 1.82) is 0 Å². The number of benzene rings is 1. The molecular formula is C22H30N2O6. The second kappa shape index (κ2) is 8.73. The van der Waals surface area contributed by atoms with E-state index in [2.05, 4.69) is 10.2 Å². The Morgan fingerprint density at radius 1 is 1.17 bits per heavy atom. The number of nitrogens with zero attached hydrogens (tertiary/aromatic N) is 1. The third kappa shape index (κ3) is 5.17. The number of nitrogens with one attached hydrogen (secondary N) is 1. The zero-order chi connectivity index (χ0) is 22.1. The Bertz CT molecular complexity index is 801. The molecule has 0 spiro atoms. The van der Waals surface area contributed by atoms with Crippen molar-refractivity contribution >= 4 is 18.0 Å². The van der Waals surface area contributed by atoms with Gasteiger partial charge in [0.05, 0.1) is 17.6 Å². The van der Waals surface area contributed by atoms with Crippen LogP contribution in [-0.4, -0.2) is 58.9 Å². The first-order chi connectivity index (χ1) is 14.0. The summed E-state index contributed by atoms with van der Waals surface area (Å²) < 4.78 is 10.3. The largest absolute Gasteiger partial charge is 0.444 e. The topological polar surface area (TPSA) is 105 Å². The maximum Gasteiger partial charge on any atom is 0.407 e. The first-order valence-corrected chi connectivity index (χ1v) is 10.3. The number of rotatable bonds is 4. The van der Waals surface area contributed by atoms with E-state index in [1.807, 2.05) is 7.05 Å². The molecule has 2 heterocycles. The van der Waals surface area contributed by atoms with E-state index >= 15 is 0 Å². The summed E-state index contributed by atoms with van der Waals surface area (Å²) in [5.41, 5.74) is 0.419. The molecule has 2 aliphatic heterocycles. The highest BCUT2D eigenvalue weighted by atomic mass is 16.6. The SMILES string of the molecule is CN1[C@H]2CC[C@@H]1[C@@H](C(=O)OC(=O)c1ccc(CNC(=O)OC(C)(C)C)cc1)[C@@H](O)C2. The van der Waals surface area contributed by atoms with Crippen LogP contribution < -0.4 is 5.32 Å². The number of alkyl carbamates (subject to hydrolysis) is 1. The summed E-state index contributed by atoms with van der Waals surface area (Å²) >= 11 is 0. The minimum absolute atomic E-state index is 0.0969. The van der Waals surface area contributed by atoms with Crippen LogP contribution in [0.15, 0.2) is 24.3 Å². The van der Waals surface area contributed by atoms with E-state index in [4.69, 9.17) is 9.47 Å². The monoisotopic (exact) mass is 418 g/mol. The summed E-state index contributed by atoms with van der Waals surface area (Å²) in [4.78, 5) is 38.8. The van der Waals surface area contributed by atoms with Crippen LogP contribution in [0.4, 0.5) is 4.79 Å². The van der Waals surface area contributed by atoms with Gasteiger partial charge in [0.1, 0.15) is 5.60 Å². The number of esters is 2. The molecule has 8 nitrogen and oxygen atoms in total. The number of amides is 1. The molecule has 2 N–H and O–H groups in total. The summed E-state index contributed by atoms with van der Waals surface area (Å²) in [5, 5.41) is 13.0. The highest BCUT2D eigenvalue weighted by molar-refractivity contribution is 5.97. The van der Waals surface area contributed by atoms with Crippen molar-refractivity contribution in [2.75, 3.05) is 7.05 Å². The number of carbonyl (C=O) groups excluding carboxylic acids is 3. The maximum atomic E-state index is 12.6. The fourth-order valence-electron chi connectivity index (χ4n) is 4.22. The Hall–Kier alpha value is -2.45. The second-order valence-corrected chi connectivity index (χ2v) is 9.05. The van der Waals surface area contributed by atoms with E-state index in [1.54, 1.807) is 32.9 Å². The molecule has 2 fully saturated rings. The van der Waals surface area contributed by atoms with Gasteiger partial charge in [-0.05, 0) is 64.8 Å². The number of carbonyl (C=O) groups is 3. The first kappa shape index (κ1) is 22.2. The third-order valence-corrected chi connectivity index (χ3v) is 5.73. The van der Waals surface area contributed by atoms with Gasteiger partial charge in [-0.1, -0.05) is 12.1 Å². The van der Waals surface area contributed by atoms with Gasteiger partial charge in [0.25, 0.3) is 0 Å². The zero-order valence-corrected chi connectivity index (χ0v) is 17.9. The average molecular weight is 418 g/mol. The summed E-state index contributed by atoms with van der Waals surface area (Å²) in [6, 6.07) is 6.60. The number of piperidine rings is 1. The Morgan fingerprint density at radius 3 is 2.47 bits per heavy atom. The van der Waals surface area contributed by atoms with Gasteiger partial charge in [-0.25, -0.2) is 9.59 Å². The maximum absolute atomic E-state index is 12.6. The predicted molar refractivity (Wildman–Crippen MR) is 109 cm³/mol. The van der Waals surface area contributed by atoms with Gasteiger partial charge in [0.15, 0.2) is 0 Å². The van der Waals surface area contributed by atoms with Crippen LogP contribution in [-0.2, 0) is 20.8 Å². The van der Waals surface area contributed by atoms with Gasteiger partial charge in [0, 0.05) is 18.6 Å². The van der Waals surface area contributed by atoms with Crippen LogP contribution in [0.25, 0.3) is 0 Å². The van der Waals surface area contributed by atoms with Crippen molar-refractivity contribution < 1.29 is 29.0 Å². The lowest BCUT2D eigenvalue weighted by atomic mass is 9.88. The number of hydrogen-bond donors (Lipinski definition) is 2. The molecule has 1 amide bonds. The van der Waals surface area contributed by atoms with E-state index in [1.165, 1.54) is 12.1 Å². The van der Waals surface area contributed by atoms with E-state index in [0.29, 0.717) is 6.42 Å². The molecule has 0 aliphatic carbocycles. The van der Waals surface area contributed by atoms with Gasteiger partial charge in [-0.15, -0.1) is 0 Å². The molecule has 164 valence electrons. The molecular weight excluding hydrogens is 388 g/mol. The molecule has 1 aromatic carbocycles. The van der Waals surface area contributed by atoms with Crippen LogP contribution in [0, 0.1) is 5.92 Å². The minimum Gasteiger partial charge on any atom is -0.444 e. The lowest BCUT2D eigenvalue weighted by Gasteiger charge is -2.39. The lowest BCUT2D eigenvalue weighted by molar-refractivity contribution is -0.152. The first-order valence-electron chi connectivity index (χ1n) is 10.3. The van der Waals surface area contributed by atoms with Gasteiger partial charge in [-0.3, -0.25) is 9.69 Å². The number of aliphatic hydroxyl groups excluding tert-OH is 1. The third-order valence-electron chi connectivity index (χ3n) is 5.73. The molecule has 0 unspecified atom stereocenters. The highest BCUT2D eigenvalue weighted by Gasteiger charge is 2.49. The minimum atomic E-state index is -0.791. The molecule has 2 saturated heterocycles. The van der Waals surface area contributed by atoms with E-state index < -0.39 is 35.7 Å². The molecule has 3 rings (SSSR count). The van der Waals surface area contributed by atoms with Gasteiger partial charge >= 0.3 is 18.0 Å². The Kier molecular flexibility index (Phi) is 6.47. The molecule has 2 bridgehead atoms. The lowest BCUT2D eigenvalue weighted by Crippen LogP contribution is -2.52. The quantitative estimate of drug-likeness (QED) is 0.571. The van der Waals surface area contributed by atoms with Crippen molar-refractivity contribution in [3.63, 3.8) is 0 Å². The summed E-state index contributed by atoms with van der Waals surface area (Å²) in [7, 11) is 1.94. The van der Waals surface area contributed by atoms with Crippen molar-refractivity contribution in [3.05, 3.63) is 35.4 Å². The average Bonchev–Trinajstić information content (AvgIpc) is 2.89.